The lowest BCUT2D eigenvalue weighted by atomic mass is 10.0. The van der Waals surface area contributed by atoms with Gasteiger partial charge in [0.2, 0.25) is 17.7 Å². The molecule has 1 aliphatic carbocycles. The van der Waals surface area contributed by atoms with Gasteiger partial charge in [-0.25, -0.2) is 4.68 Å². The summed E-state index contributed by atoms with van der Waals surface area (Å²) in [4.78, 5) is 50.4. The monoisotopic (exact) mass is 408 g/mol. The molecule has 2 aliphatic heterocycles. The van der Waals surface area contributed by atoms with E-state index in [4.69, 9.17) is 0 Å². The van der Waals surface area contributed by atoms with E-state index < -0.39 is 11.9 Å². The van der Waals surface area contributed by atoms with Gasteiger partial charge >= 0.3 is 0 Å². The van der Waals surface area contributed by atoms with Crippen LogP contribution in [0.25, 0.3) is 0 Å². The fourth-order valence-electron chi connectivity index (χ4n) is 4.00. The molecular formula is C20H20N6O4. The predicted molar refractivity (Wildman–Crippen MR) is 103 cm³/mol. The second kappa shape index (κ2) is 7.05. The standard InChI is InChI=1S/C20H20N6O4/c27-17-7-6-16(19(29)22-17)26-8-13-12(20(26)30)2-1-3-14(13)21-18(28)10-25-9-15(23-24-25)11-4-5-11/h1-3,9,11,16H,4-8,10H2,(H,21,28)(H,22,27,29). The van der Waals surface area contributed by atoms with Crippen LogP contribution in [0, 0.1) is 0 Å². The number of amides is 4. The Hall–Kier alpha value is -3.56. The molecule has 1 atom stereocenters. The summed E-state index contributed by atoms with van der Waals surface area (Å²) in [6.07, 6.45) is 4.50. The number of fused-ring (bicyclic) bond motifs is 1. The van der Waals surface area contributed by atoms with Crippen molar-refractivity contribution in [2.75, 3.05) is 5.32 Å². The van der Waals surface area contributed by atoms with E-state index in [0.29, 0.717) is 29.2 Å². The van der Waals surface area contributed by atoms with E-state index in [0.717, 1.165) is 18.5 Å². The number of benzene rings is 1. The summed E-state index contributed by atoms with van der Waals surface area (Å²) in [6.45, 7) is 0.222. The first-order valence-electron chi connectivity index (χ1n) is 9.96. The number of nitrogens with zero attached hydrogens (tertiary/aromatic N) is 4. The van der Waals surface area contributed by atoms with E-state index in [2.05, 4.69) is 20.9 Å². The molecule has 30 heavy (non-hydrogen) atoms. The molecular weight excluding hydrogens is 388 g/mol. The highest BCUT2D eigenvalue weighted by atomic mass is 16.2. The molecule has 5 rings (SSSR count). The van der Waals surface area contributed by atoms with Crippen LogP contribution in [0.3, 0.4) is 0 Å². The predicted octanol–water partition coefficient (Wildman–Crippen LogP) is 0.555. The van der Waals surface area contributed by atoms with Crippen molar-refractivity contribution in [3.63, 3.8) is 0 Å². The number of imide groups is 1. The van der Waals surface area contributed by atoms with E-state index in [1.165, 1.54) is 9.58 Å². The molecule has 1 aromatic carbocycles. The first-order chi connectivity index (χ1) is 14.5. The largest absolute Gasteiger partial charge is 0.324 e. The van der Waals surface area contributed by atoms with Gasteiger partial charge in [0.15, 0.2) is 0 Å². The molecule has 2 fully saturated rings. The molecule has 0 spiro atoms. The molecule has 2 aromatic rings. The van der Waals surface area contributed by atoms with Crippen molar-refractivity contribution in [2.45, 2.75) is 50.7 Å². The lowest BCUT2D eigenvalue weighted by Crippen LogP contribution is -2.52. The second-order valence-corrected chi connectivity index (χ2v) is 7.90. The maximum atomic E-state index is 12.9. The Balaban J connectivity index is 1.30. The van der Waals surface area contributed by atoms with Crippen LogP contribution in [0.15, 0.2) is 24.4 Å². The van der Waals surface area contributed by atoms with Crippen molar-refractivity contribution in [1.82, 2.24) is 25.2 Å². The van der Waals surface area contributed by atoms with Gasteiger partial charge in [0.05, 0.1) is 5.69 Å². The summed E-state index contributed by atoms with van der Waals surface area (Å²) in [5.74, 6) is -0.881. The Morgan fingerprint density at radius 2 is 2.03 bits per heavy atom. The van der Waals surface area contributed by atoms with Gasteiger partial charge in [0.1, 0.15) is 12.6 Å². The van der Waals surface area contributed by atoms with E-state index in [1.54, 1.807) is 24.4 Å². The number of piperidine rings is 1. The van der Waals surface area contributed by atoms with Crippen LogP contribution >= 0.6 is 0 Å². The highest BCUT2D eigenvalue weighted by Gasteiger charge is 2.40. The number of carbonyl (C=O) groups excluding carboxylic acids is 4. The lowest BCUT2D eigenvalue weighted by Gasteiger charge is -2.29. The van der Waals surface area contributed by atoms with Crippen LogP contribution in [-0.4, -0.2) is 49.6 Å². The third-order valence-electron chi connectivity index (χ3n) is 5.71. The van der Waals surface area contributed by atoms with Gasteiger partial charge in [-0.3, -0.25) is 24.5 Å². The van der Waals surface area contributed by atoms with E-state index in [-0.39, 0.29) is 37.2 Å². The van der Waals surface area contributed by atoms with Crippen molar-refractivity contribution in [2.24, 2.45) is 0 Å². The number of carbonyl (C=O) groups is 4. The summed E-state index contributed by atoms with van der Waals surface area (Å²) in [7, 11) is 0. The molecule has 1 aromatic heterocycles. The third kappa shape index (κ3) is 3.34. The minimum Gasteiger partial charge on any atom is -0.324 e. The summed E-state index contributed by atoms with van der Waals surface area (Å²) >= 11 is 0. The smallest absolute Gasteiger partial charge is 0.255 e. The summed E-state index contributed by atoms with van der Waals surface area (Å²) in [6, 6.07) is 4.41. The van der Waals surface area contributed by atoms with Crippen molar-refractivity contribution in [1.29, 1.82) is 0 Å². The Morgan fingerprint density at radius 3 is 2.80 bits per heavy atom. The van der Waals surface area contributed by atoms with Crippen LogP contribution in [-0.2, 0) is 27.5 Å². The highest BCUT2D eigenvalue weighted by Crippen LogP contribution is 2.38. The summed E-state index contributed by atoms with van der Waals surface area (Å²) in [5, 5.41) is 13.2. The fourth-order valence-corrected chi connectivity index (χ4v) is 4.00. The van der Waals surface area contributed by atoms with E-state index in [9.17, 15) is 19.2 Å². The minimum absolute atomic E-state index is 0.0220. The molecule has 1 unspecified atom stereocenters. The summed E-state index contributed by atoms with van der Waals surface area (Å²) in [5.41, 5.74) is 2.56. The first-order valence-corrected chi connectivity index (χ1v) is 9.96. The van der Waals surface area contributed by atoms with E-state index in [1.807, 2.05) is 0 Å². The van der Waals surface area contributed by atoms with Crippen molar-refractivity contribution < 1.29 is 19.2 Å². The zero-order valence-electron chi connectivity index (χ0n) is 16.1. The fraction of sp³-hybridized carbons (Fsp3) is 0.400. The van der Waals surface area contributed by atoms with Crippen LogP contribution in [0.2, 0.25) is 0 Å². The average Bonchev–Trinajstić information content (AvgIpc) is 3.37. The van der Waals surface area contributed by atoms with Crippen LogP contribution in [0.5, 0.6) is 0 Å². The molecule has 2 N–H and O–H groups in total. The van der Waals surface area contributed by atoms with Crippen LogP contribution < -0.4 is 10.6 Å². The normalized spacial score (nSPS) is 20.9. The zero-order valence-corrected chi connectivity index (χ0v) is 16.1. The van der Waals surface area contributed by atoms with Gasteiger partial charge in [-0.15, -0.1) is 5.10 Å². The molecule has 0 radical (unpaired) electrons. The molecule has 1 saturated heterocycles. The number of nitrogens with one attached hydrogen (secondary N) is 2. The third-order valence-corrected chi connectivity index (χ3v) is 5.71. The Labute approximate surface area is 171 Å². The van der Waals surface area contributed by atoms with Gasteiger partial charge in [-0.1, -0.05) is 11.3 Å². The Morgan fingerprint density at radius 1 is 1.20 bits per heavy atom. The number of hydrogen-bond acceptors (Lipinski definition) is 6. The number of anilines is 1. The van der Waals surface area contributed by atoms with Gasteiger partial charge in [0.25, 0.3) is 5.91 Å². The second-order valence-electron chi connectivity index (χ2n) is 7.90. The molecule has 10 heteroatoms. The number of aromatic nitrogens is 3. The van der Waals surface area contributed by atoms with Crippen molar-refractivity contribution >= 4 is 29.3 Å². The lowest BCUT2D eigenvalue weighted by molar-refractivity contribution is -0.137. The van der Waals surface area contributed by atoms with Crippen molar-refractivity contribution in [3.05, 3.63) is 41.2 Å². The average molecular weight is 408 g/mol. The Bertz CT molecular complexity index is 1070. The molecule has 4 amide bonds. The number of hydrogen-bond donors (Lipinski definition) is 2. The highest BCUT2D eigenvalue weighted by molar-refractivity contribution is 6.06. The van der Waals surface area contributed by atoms with Crippen molar-refractivity contribution in [3.8, 4) is 0 Å². The van der Waals surface area contributed by atoms with Crippen LogP contribution in [0.4, 0.5) is 5.69 Å². The molecule has 3 aliphatic rings. The quantitative estimate of drug-likeness (QED) is 0.696. The maximum Gasteiger partial charge on any atom is 0.255 e. The van der Waals surface area contributed by atoms with Gasteiger partial charge in [-0.05, 0) is 31.4 Å². The zero-order chi connectivity index (χ0) is 20.8. The minimum atomic E-state index is -0.692. The molecule has 1 saturated carbocycles. The topological polar surface area (TPSA) is 126 Å². The number of rotatable bonds is 5. The maximum absolute atomic E-state index is 12.9. The first kappa shape index (κ1) is 18.5. The SMILES string of the molecule is O=C1CCC(N2Cc3c(NC(=O)Cn4cc(C5CC5)nn4)cccc3C2=O)C(=O)N1. The summed E-state index contributed by atoms with van der Waals surface area (Å²) < 4.78 is 1.51. The Kier molecular flexibility index (Phi) is 4.34. The molecule has 154 valence electrons. The van der Waals surface area contributed by atoms with Gasteiger partial charge in [0, 0.05) is 41.9 Å². The molecule has 10 nitrogen and oxygen atoms in total. The van der Waals surface area contributed by atoms with Crippen LogP contribution in [0.1, 0.15) is 53.2 Å². The molecule has 3 heterocycles. The van der Waals surface area contributed by atoms with Gasteiger partial charge < -0.3 is 10.2 Å². The van der Waals surface area contributed by atoms with E-state index >= 15 is 0 Å². The van der Waals surface area contributed by atoms with Gasteiger partial charge in [-0.2, -0.15) is 0 Å². The molecule has 0 bridgehead atoms.